The number of benzene rings is 1. The zero-order chi connectivity index (χ0) is 18.6. The van der Waals surface area contributed by atoms with Crippen LogP contribution >= 0.6 is 11.6 Å². The van der Waals surface area contributed by atoms with Crippen LogP contribution in [0.25, 0.3) is 0 Å². The SMILES string of the molecule is CCNC(=NCC1(c2ccc(Cl)cc2)CC1)N1CCC(C(=O)OC)CC1. The Morgan fingerprint density at radius 3 is 2.50 bits per heavy atom. The monoisotopic (exact) mass is 377 g/mol. The van der Waals surface area contributed by atoms with E-state index in [1.165, 1.54) is 25.5 Å². The second-order valence-electron chi connectivity index (χ2n) is 7.24. The number of ether oxygens (including phenoxy) is 1. The molecule has 1 saturated carbocycles. The van der Waals surface area contributed by atoms with Crippen LogP contribution in [0.2, 0.25) is 5.02 Å². The van der Waals surface area contributed by atoms with E-state index in [9.17, 15) is 4.79 Å². The smallest absolute Gasteiger partial charge is 0.308 e. The number of rotatable bonds is 5. The van der Waals surface area contributed by atoms with Gasteiger partial charge in [0.1, 0.15) is 0 Å². The molecule has 0 radical (unpaired) electrons. The molecular weight excluding hydrogens is 350 g/mol. The summed E-state index contributed by atoms with van der Waals surface area (Å²) in [5.74, 6) is 0.880. The first-order chi connectivity index (χ1) is 12.6. The van der Waals surface area contributed by atoms with Crippen LogP contribution in [0.4, 0.5) is 0 Å². The molecule has 0 atom stereocenters. The predicted octanol–water partition coefficient (Wildman–Crippen LogP) is 3.22. The van der Waals surface area contributed by atoms with Gasteiger partial charge in [0, 0.05) is 30.1 Å². The quantitative estimate of drug-likeness (QED) is 0.486. The highest BCUT2D eigenvalue weighted by Gasteiger charge is 2.44. The molecule has 142 valence electrons. The van der Waals surface area contributed by atoms with E-state index in [0.29, 0.717) is 0 Å². The van der Waals surface area contributed by atoms with Gasteiger partial charge in [0.2, 0.25) is 0 Å². The van der Waals surface area contributed by atoms with Crippen molar-refractivity contribution in [2.45, 2.75) is 38.0 Å². The molecule has 0 aromatic heterocycles. The summed E-state index contributed by atoms with van der Waals surface area (Å²) in [6.07, 6.45) is 3.97. The van der Waals surface area contributed by atoms with Gasteiger partial charge in [0.05, 0.1) is 19.6 Å². The van der Waals surface area contributed by atoms with Gasteiger partial charge in [-0.15, -0.1) is 0 Å². The number of piperidine rings is 1. The molecule has 0 spiro atoms. The third-order valence-corrected chi connectivity index (χ3v) is 5.76. The van der Waals surface area contributed by atoms with Crippen molar-refractivity contribution in [3.63, 3.8) is 0 Å². The van der Waals surface area contributed by atoms with Crippen LogP contribution in [-0.4, -0.2) is 50.1 Å². The standard InChI is InChI=1S/C20H28ClN3O2/c1-3-22-19(24-12-8-15(9-13-24)18(25)26-2)23-14-20(10-11-20)16-4-6-17(21)7-5-16/h4-7,15H,3,8-14H2,1-2H3,(H,22,23). The number of nitrogens with zero attached hydrogens (tertiary/aromatic N) is 2. The summed E-state index contributed by atoms with van der Waals surface area (Å²) < 4.78 is 4.88. The Labute approximate surface area is 160 Å². The molecule has 1 heterocycles. The lowest BCUT2D eigenvalue weighted by Gasteiger charge is -2.33. The lowest BCUT2D eigenvalue weighted by molar-refractivity contribution is -0.146. The molecule has 1 N–H and O–H groups in total. The summed E-state index contributed by atoms with van der Waals surface area (Å²) in [6, 6.07) is 8.17. The average Bonchev–Trinajstić information content (AvgIpc) is 3.46. The van der Waals surface area contributed by atoms with Crippen molar-refractivity contribution in [2.24, 2.45) is 10.9 Å². The number of esters is 1. The molecule has 1 saturated heterocycles. The minimum Gasteiger partial charge on any atom is -0.469 e. The van der Waals surface area contributed by atoms with Gasteiger partial charge in [0.15, 0.2) is 5.96 Å². The van der Waals surface area contributed by atoms with Gasteiger partial charge in [-0.25, -0.2) is 0 Å². The van der Waals surface area contributed by atoms with Gasteiger partial charge >= 0.3 is 5.97 Å². The molecule has 1 aromatic rings. The molecule has 2 fully saturated rings. The fraction of sp³-hybridized carbons (Fsp3) is 0.600. The summed E-state index contributed by atoms with van der Waals surface area (Å²) >= 11 is 6.02. The molecule has 3 rings (SSSR count). The molecule has 1 aromatic carbocycles. The topological polar surface area (TPSA) is 53.9 Å². The summed E-state index contributed by atoms with van der Waals surface area (Å²) in [6.45, 7) is 5.37. The van der Waals surface area contributed by atoms with Gasteiger partial charge < -0.3 is 15.0 Å². The first-order valence-electron chi connectivity index (χ1n) is 9.45. The van der Waals surface area contributed by atoms with Crippen molar-refractivity contribution in [3.05, 3.63) is 34.9 Å². The number of carbonyl (C=O) groups excluding carboxylic acids is 1. The number of aliphatic imine (C=N–C) groups is 1. The van der Waals surface area contributed by atoms with Crippen molar-refractivity contribution in [2.75, 3.05) is 33.3 Å². The summed E-state index contributed by atoms with van der Waals surface area (Å²) in [4.78, 5) is 18.9. The molecule has 1 aliphatic heterocycles. The lowest BCUT2D eigenvalue weighted by atomic mass is 9.96. The van der Waals surface area contributed by atoms with E-state index < -0.39 is 0 Å². The van der Waals surface area contributed by atoms with E-state index >= 15 is 0 Å². The summed E-state index contributed by atoms with van der Waals surface area (Å²) in [5, 5.41) is 4.18. The fourth-order valence-corrected chi connectivity index (χ4v) is 3.76. The minimum absolute atomic E-state index is 0.0166. The molecule has 2 aliphatic rings. The Morgan fingerprint density at radius 2 is 1.96 bits per heavy atom. The Morgan fingerprint density at radius 1 is 1.31 bits per heavy atom. The number of guanidine groups is 1. The maximum atomic E-state index is 11.7. The molecule has 0 amide bonds. The first kappa shape index (κ1) is 19.0. The highest BCUT2D eigenvalue weighted by Crippen LogP contribution is 2.48. The highest BCUT2D eigenvalue weighted by molar-refractivity contribution is 6.30. The summed E-state index contributed by atoms with van der Waals surface area (Å²) in [5.41, 5.74) is 1.49. The number of hydrogen-bond donors (Lipinski definition) is 1. The van der Waals surface area contributed by atoms with Crippen LogP contribution in [0, 0.1) is 5.92 Å². The first-order valence-corrected chi connectivity index (χ1v) is 9.83. The third-order valence-electron chi connectivity index (χ3n) is 5.51. The van der Waals surface area contributed by atoms with Crippen molar-refractivity contribution in [3.8, 4) is 0 Å². The fourth-order valence-electron chi connectivity index (χ4n) is 3.64. The number of methoxy groups -OCH3 is 1. The Hall–Kier alpha value is -1.75. The van der Waals surface area contributed by atoms with Gasteiger partial charge in [-0.1, -0.05) is 23.7 Å². The normalized spacial score (nSPS) is 20.0. The van der Waals surface area contributed by atoms with E-state index in [1.54, 1.807) is 0 Å². The molecule has 5 nitrogen and oxygen atoms in total. The van der Waals surface area contributed by atoms with Crippen LogP contribution in [0.15, 0.2) is 29.3 Å². The maximum Gasteiger partial charge on any atom is 0.308 e. The number of hydrogen-bond acceptors (Lipinski definition) is 3. The average molecular weight is 378 g/mol. The Balaban J connectivity index is 1.65. The molecule has 6 heteroatoms. The third kappa shape index (κ3) is 4.32. The molecule has 0 bridgehead atoms. The summed E-state index contributed by atoms with van der Waals surface area (Å²) in [7, 11) is 1.46. The minimum atomic E-state index is -0.0914. The van der Waals surface area contributed by atoms with Crippen LogP contribution in [-0.2, 0) is 14.9 Å². The predicted molar refractivity (Wildman–Crippen MR) is 105 cm³/mol. The van der Waals surface area contributed by atoms with E-state index in [2.05, 4.69) is 29.3 Å². The molecule has 0 unspecified atom stereocenters. The second kappa shape index (κ2) is 8.30. The molecule has 1 aliphatic carbocycles. The zero-order valence-corrected chi connectivity index (χ0v) is 16.4. The van der Waals surface area contributed by atoms with Crippen LogP contribution in [0.1, 0.15) is 38.2 Å². The van der Waals surface area contributed by atoms with Crippen molar-refractivity contribution < 1.29 is 9.53 Å². The number of likely N-dealkylation sites (tertiary alicyclic amines) is 1. The van der Waals surface area contributed by atoms with Crippen molar-refractivity contribution >= 4 is 23.5 Å². The number of nitrogens with one attached hydrogen (secondary N) is 1. The van der Waals surface area contributed by atoms with Crippen LogP contribution < -0.4 is 5.32 Å². The number of halogens is 1. The largest absolute Gasteiger partial charge is 0.469 e. The van der Waals surface area contributed by atoms with E-state index in [1.807, 2.05) is 12.1 Å². The second-order valence-corrected chi connectivity index (χ2v) is 7.68. The van der Waals surface area contributed by atoms with Crippen molar-refractivity contribution in [1.82, 2.24) is 10.2 Å². The number of carbonyl (C=O) groups is 1. The van der Waals surface area contributed by atoms with Crippen LogP contribution in [0.5, 0.6) is 0 Å². The van der Waals surface area contributed by atoms with Gasteiger partial charge in [-0.05, 0) is 50.3 Å². The molecule has 26 heavy (non-hydrogen) atoms. The van der Waals surface area contributed by atoms with E-state index in [4.69, 9.17) is 21.3 Å². The Kier molecular flexibility index (Phi) is 6.07. The van der Waals surface area contributed by atoms with E-state index in [0.717, 1.165) is 50.0 Å². The van der Waals surface area contributed by atoms with Gasteiger partial charge in [-0.3, -0.25) is 9.79 Å². The van der Waals surface area contributed by atoms with Crippen LogP contribution in [0.3, 0.4) is 0 Å². The molecular formula is C20H28ClN3O2. The van der Waals surface area contributed by atoms with E-state index in [-0.39, 0.29) is 17.3 Å². The zero-order valence-electron chi connectivity index (χ0n) is 15.6. The van der Waals surface area contributed by atoms with Gasteiger partial charge in [0.25, 0.3) is 0 Å². The van der Waals surface area contributed by atoms with Gasteiger partial charge in [-0.2, -0.15) is 0 Å². The maximum absolute atomic E-state index is 11.7. The van der Waals surface area contributed by atoms with Crippen molar-refractivity contribution in [1.29, 1.82) is 0 Å². The lowest BCUT2D eigenvalue weighted by Crippen LogP contribution is -2.47. The Bertz CT molecular complexity index is 648. The highest BCUT2D eigenvalue weighted by atomic mass is 35.5.